The second-order valence-corrected chi connectivity index (χ2v) is 6.50. The molecule has 1 rings (SSSR count). The van der Waals surface area contributed by atoms with E-state index in [9.17, 15) is 26.4 Å². The van der Waals surface area contributed by atoms with Crippen molar-refractivity contribution in [1.82, 2.24) is 0 Å². The topological polar surface area (TPSA) is 88.1 Å². The molecule has 0 N–H and O–H groups in total. The molecule has 0 bridgehead atoms. The van der Waals surface area contributed by atoms with Gasteiger partial charge in [-0.1, -0.05) is 6.58 Å². The van der Waals surface area contributed by atoms with Gasteiger partial charge in [0, 0.05) is 0 Å². The lowest BCUT2D eigenvalue weighted by Crippen LogP contribution is -2.52. The molecule has 0 amide bonds. The quantitative estimate of drug-likeness (QED) is 0.327. The van der Waals surface area contributed by atoms with Crippen LogP contribution in [0.4, 0.5) is 13.2 Å². The number of methoxy groups -OCH3 is 1. The standard InChI is InChI=1S/C11H15F3O7S/c1-7(21-22(16,17)11(12,13)14)10(8(15)18-4)5-19-9(2,3)20-6-10/h1,5-6H2,2-4H3. The fourth-order valence-electron chi connectivity index (χ4n) is 1.52. The van der Waals surface area contributed by atoms with Crippen molar-refractivity contribution in [2.75, 3.05) is 20.3 Å². The molecule has 0 unspecified atom stereocenters. The van der Waals surface area contributed by atoms with E-state index in [0.717, 1.165) is 7.11 Å². The number of rotatable bonds is 4. The summed E-state index contributed by atoms with van der Waals surface area (Å²) >= 11 is 0. The van der Waals surface area contributed by atoms with Gasteiger partial charge in [-0.05, 0) is 13.8 Å². The Balaban J connectivity index is 3.10. The Kier molecular flexibility index (Phi) is 4.85. The van der Waals surface area contributed by atoms with Crippen molar-refractivity contribution in [1.29, 1.82) is 0 Å². The predicted octanol–water partition coefficient (Wildman–Crippen LogP) is 1.31. The molecule has 1 saturated heterocycles. The second-order valence-electron chi connectivity index (χ2n) is 4.96. The van der Waals surface area contributed by atoms with Crippen LogP contribution in [0.15, 0.2) is 12.3 Å². The van der Waals surface area contributed by atoms with Crippen LogP contribution in [0.25, 0.3) is 0 Å². The first-order valence-corrected chi connectivity index (χ1v) is 7.25. The molecule has 0 aromatic heterocycles. The van der Waals surface area contributed by atoms with Crippen LogP contribution < -0.4 is 0 Å². The Labute approximate surface area is 125 Å². The predicted molar refractivity (Wildman–Crippen MR) is 65.6 cm³/mol. The summed E-state index contributed by atoms with van der Waals surface area (Å²) in [5, 5.41) is 0. The molecular weight excluding hydrogens is 333 g/mol. The highest BCUT2D eigenvalue weighted by Crippen LogP contribution is 2.39. The summed E-state index contributed by atoms with van der Waals surface area (Å²) in [6.45, 7) is 5.08. The maximum absolute atomic E-state index is 12.4. The van der Waals surface area contributed by atoms with Crippen LogP contribution in [0, 0.1) is 5.41 Å². The molecule has 7 nitrogen and oxygen atoms in total. The van der Waals surface area contributed by atoms with E-state index < -0.39 is 51.8 Å². The Hall–Kier alpha value is -1.33. The van der Waals surface area contributed by atoms with Gasteiger partial charge < -0.3 is 18.4 Å². The Morgan fingerprint density at radius 3 is 2.05 bits per heavy atom. The van der Waals surface area contributed by atoms with Crippen LogP contribution in [-0.4, -0.2) is 46.0 Å². The monoisotopic (exact) mass is 348 g/mol. The molecular formula is C11H15F3O7S. The van der Waals surface area contributed by atoms with Gasteiger partial charge in [-0.25, -0.2) is 0 Å². The van der Waals surface area contributed by atoms with E-state index in [1.807, 2.05) is 0 Å². The highest BCUT2D eigenvalue weighted by molar-refractivity contribution is 7.87. The van der Waals surface area contributed by atoms with Crippen LogP contribution in [0.2, 0.25) is 0 Å². The van der Waals surface area contributed by atoms with Crippen LogP contribution in [0.3, 0.4) is 0 Å². The lowest BCUT2D eigenvalue weighted by Gasteiger charge is -2.41. The Morgan fingerprint density at radius 2 is 1.68 bits per heavy atom. The van der Waals surface area contributed by atoms with Gasteiger partial charge in [-0.3, -0.25) is 4.79 Å². The van der Waals surface area contributed by atoms with Crippen molar-refractivity contribution in [2.24, 2.45) is 5.41 Å². The van der Waals surface area contributed by atoms with Gasteiger partial charge in [0.05, 0.1) is 20.3 Å². The number of carbonyl (C=O) groups is 1. The fourth-order valence-corrected chi connectivity index (χ4v) is 2.04. The second kappa shape index (κ2) is 5.70. The molecule has 1 heterocycles. The van der Waals surface area contributed by atoms with Crippen LogP contribution in [0.5, 0.6) is 0 Å². The summed E-state index contributed by atoms with van der Waals surface area (Å²) in [6.07, 6.45) is 0. The highest BCUT2D eigenvalue weighted by atomic mass is 32.2. The van der Waals surface area contributed by atoms with E-state index in [1.54, 1.807) is 0 Å². The molecule has 0 radical (unpaired) electrons. The molecule has 128 valence electrons. The third-order valence-corrected chi connectivity index (χ3v) is 3.92. The number of carbonyl (C=O) groups excluding carboxylic acids is 1. The third kappa shape index (κ3) is 3.52. The number of hydrogen-bond acceptors (Lipinski definition) is 7. The molecule has 0 aromatic rings. The van der Waals surface area contributed by atoms with Crippen molar-refractivity contribution in [3.8, 4) is 0 Å². The maximum Gasteiger partial charge on any atom is 0.534 e. The summed E-state index contributed by atoms with van der Waals surface area (Å²) in [6, 6.07) is 0. The SMILES string of the molecule is C=C(OS(=O)(=O)C(F)(F)F)C1(C(=O)OC)COC(C)(C)OC1. The van der Waals surface area contributed by atoms with Crippen molar-refractivity contribution in [3.63, 3.8) is 0 Å². The highest BCUT2D eigenvalue weighted by Gasteiger charge is 2.55. The minimum Gasteiger partial charge on any atom is -0.468 e. The van der Waals surface area contributed by atoms with E-state index in [-0.39, 0.29) is 0 Å². The molecule has 0 spiro atoms. The van der Waals surface area contributed by atoms with Crippen molar-refractivity contribution >= 4 is 16.1 Å². The van der Waals surface area contributed by atoms with E-state index in [1.165, 1.54) is 13.8 Å². The molecule has 22 heavy (non-hydrogen) atoms. The molecule has 0 saturated carbocycles. The van der Waals surface area contributed by atoms with Crippen LogP contribution >= 0.6 is 0 Å². The number of halogens is 3. The average molecular weight is 348 g/mol. The van der Waals surface area contributed by atoms with Gasteiger partial charge in [-0.15, -0.1) is 0 Å². The zero-order valence-electron chi connectivity index (χ0n) is 12.0. The maximum atomic E-state index is 12.4. The lowest BCUT2D eigenvalue weighted by atomic mass is 9.87. The molecule has 11 heteroatoms. The first-order valence-electron chi connectivity index (χ1n) is 5.84. The third-order valence-electron chi connectivity index (χ3n) is 2.94. The van der Waals surface area contributed by atoms with Gasteiger partial charge in [0.1, 0.15) is 5.76 Å². The van der Waals surface area contributed by atoms with E-state index >= 15 is 0 Å². The normalized spacial score (nSPS) is 21.0. The summed E-state index contributed by atoms with van der Waals surface area (Å²) in [7, 11) is -5.01. The molecule has 1 fully saturated rings. The Bertz CT molecular complexity index is 555. The van der Waals surface area contributed by atoms with Gasteiger partial charge in [0.15, 0.2) is 11.2 Å². The molecule has 1 aliphatic rings. The number of esters is 1. The lowest BCUT2D eigenvalue weighted by molar-refractivity contribution is -0.280. The number of hydrogen-bond donors (Lipinski definition) is 0. The van der Waals surface area contributed by atoms with E-state index in [2.05, 4.69) is 15.5 Å². The van der Waals surface area contributed by atoms with Crippen molar-refractivity contribution < 1.29 is 44.8 Å². The van der Waals surface area contributed by atoms with Gasteiger partial charge in [0.2, 0.25) is 0 Å². The van der Waals surface area contributed by atoms with Crippen molar-refractivity contribution in [3.05, 3.63) is 12.3 Å². The van der Waals surface area contributed by atoms with Crippen LogP contribution in [-0.2, 0) is 33.3 Å². The minimum atomic E-state index is -5.97. The van der Waals surface area contributed by atoms with Crippen LogP contribution in [0.1, 0.15) is 13.8 Å². The first kappa shape index (κ1) is 18.7. The number of ether oxygens (including phenoxy) is 3. The summed E-state index contributed by atoms with van der Waals surface area (Å²) in [5.41, 5.74) is -7.69. The zero-order chi connectivity index (χ0) is 17.4. The summed E-state index contributed by atoms with van der Waals surface area (Å²) < 4.78 is 77.9. The molecule has 0 atom stereocenters. The summed E-state index contributed by atoms with van der Waals surface area (Å²) in [5.74, 6) is -3.20. The fraction of sp³-hybridized carbons (Fsp3) is 0.727. The molecule has 0 aliphatic carbocycles. The Morgan fingerprint density at radius 1 is 1.23 bits per heavy atom. The van der Waals surface area contributed by atoms with Crippen molar-refractivity contribution in [2.45, 2.75) is 25.1 Å². The van der Waals surface area contributed by atoms with E-state index in [0.29, 0.717) is 0 Å². The first-order chi connectivity index (χ1) is 9.77. The zero-order valence-corrected chi connectivity index (χ0v) is 12.8. The van der Waals surface area contributed by atoms with Gasteiger partial charge >= 0.3 is 21.6 Å². The molecule has 1 aliphatic heterocycles. The largest absolute Gasteiger partial charge is 0.534 e. The van der Waals surface area contributed by atoms with E-state index in [4.69, 9.17) is 9.47 Å². The smallest absolute Gasteiger partial charge is 0.468 e. The average Bonchev–Trinajstić information content (AvgIpc) is 2.36. The van der Waals surface area contributed by atoms with Gasteiger partial charge in [-0.2, -0.15) is 21.6 Å². The summed E-state index contributed by atoms with van der Waals surface area (Å²) in [4.78, 5) is 11.9. The minimum absolute atomic E-state index is 0.515. The van der Waals surface area contributed by atoms with Gasteiger partial charge in [0.25, 0.3) is 0 Å². The number of alkyl halides is 3. The molecule has 0 aromatic carbocycles.